The van der Waals surface area contributed by atoms with E-state index in [1.54, 1.807) is 6.20 Å². The molecule has 1 N–H and O–H groups in total. The molecule has 0 aliphatic carbocycles. The lowest BCUT2D eigenvalue weighted by molar-refractivity contribution is 0.0690. The average Bonchev–Trinajstić information content (AvgIpc) is 3.81. The summed E-state index contributed by atoms with van der Waals surface area (Å²) in [6.45, 7) is 2.65. The Labute approximate surface area is 285 Å². The van der Waals surface area contributed by atoms with Crippen LogP contribution in [0.5, 0.6) is 0 Å². The number of carboxylic acid groups (broad SMARTS) is 1. The molecule has 0 radical (unpaired) electrons. The summed E-state index contributed by atoms with van der Waals surface area (Å²) in [5.74, 6) is 0.414. The van der Waals surface area contributed by atoms with Crippen LogP contribution in [0.4, 0.5) is 0 Å². The molecule has 8 nitrogen and oxygen atoms in total. The fourth-order valence-electron chi connectivity index (χ4n) is 6.63. The molecular formula is C41H36N6O2. The molecule has 5 aromatic carbocycles. The number of aromatic carboxylic acids is 1. The zero-order valence-electron chi connectivity index (χ0n) is 27.2. The number of carbonyl (C=O) groups is 1. The number of carboxylic acids is 1. The maximum Gasteiger partial charge on any atom is 0.356 e. The molecule has 7 rings (SSSR count). The Hall–Kier alpha value is -6.15. The van der Waals surface area contributed by atoms with Crippen molar-refractivity contribution in [2.45, 2.75) is 38.3 Å². The van der Waals surface area contributed by atoms with E-state index in [1.807, 2.05) is 39.6 Å². The molecule has 0 fully saturated rings. The average molecular weight is 645 g/mol. The minimum Gasteiger partial charge on any atom is -0.476 e. The molecule has 0 spiro atoms. The smallest absolute Gasteiger partial charge is 0.356 e. The van der Waals surface area contributed by atoms with Crippen LogP contribution < -0.4 is 0 Å². The van der Waals surface area contributed by atoms with Crippen LogP contribution in [-0.4, -0.2) is 40.8 Å². The van der Waals surface area contributed by atoms with Gasteiger partial charge in [-0.2, -0.15) is 0 Å². The summed E-state index contributed by atoms with van der Waals surface area (Å²) >= 11 is 0. The van der Waals surface area contributed by atoms with Gasteiger partial charge in [-0.15, -0.1) is 5.10 Å². The maximum atomic E-state index is 11.7. The van der Waals surface area contributed by atoms with Crippen LogP contribution in [0.25, 0.3) is 22.5 Å². The van der Waals surface area contributed by atoms with Crippen molar-refractivity contribution in [1.29, 1.82) is 0 Å². The van der Waals surface area contributed by atoms with Crippen molar-refractivity contribution in [2.24, 2.45) is 0 Å². The summed E-state index contributed by atoms with van der Waals surface area (Å²) in [6.07, 6.45) is 4.33. The van der Waals surface area contributed by atoms with Gasteiger partial charge < -0.3 is 9.67 Å². The standard InChI is InChI=1S/C41H36N6O2/c1-2-3-23-38-42-37(40(48)49)29-46(38)28-30-24-26-31(27-25-30)35-21-13-14-22-36(35)39-43-44-45-47(39)41(32-15-7-4-8-16-32,33-17-9-5-10-18-33)34-19-11-6-12-20-34/h4-22,24-27,29H,2-3,23,28H2,1H3,(H,48,49). The molecular weight excluding hydrogens is 608 g/mol. The van der Waals surface area contributed by atoms with E-state index in [0.29, 0.717) is 12.4 Å². The van der Waals surface area contributed by atoms with Gasteiger partial charge in [-0.3, -0.25) is 0 Å². The number of hydrogen-bond acceptors (Lipinski definition) is 5. The van der Waals surface area contributed by atoms with Crippen molar-refractivity contribution in [2.75, 3.05) is 0 Å². The highest BCUT2D eigenvalue weighted by atomic mass is 16.4. The van der Waals surface area contributed by atoms with Gasteiger partial charge in [0.05, 0.1) is 0 Å². The predicted molar refractivity (Wildman–Crippen MR) is 190 cm³/mol. The third-order valence-electron chi connectivity index (χ3n) is 8.98. The maximum absolute atomic E-state index is 11.7. The van der Waals surface area contributed by atoms with Crippen LogP contribution in [0.2, 0.25) is 0 Å². The van der Waals surface area contributed by atoms with Gasteiger partial charge in [0.15, 0.2) is 11.5 Å². The second-order valence-electron chi connectivity index (χ2n) is 12.0. The van der Waals surface area contributed by atoms with Crippen LogP contribution in [0.15, 0.2) is 146 Å². The highest BCUT2D eigenvalue weighted by molar-refractivity contribution is 5.85. The number of aryl methyl sites for hydroxylation is 1. The van der Waals surface area contributed by atoms with Gasteiger partial charge in [0.2, 0.25) is 0 Å². The molecule has 0 aliphatic heterocycles. The lowest BCUT2D eigenvalue weighted by Crippen LogP contribution is -2.39. The molecule has 242 valence electrons. The molecule has 0 amide bonds. The quantitative estimate of drug-likeness (QED) is 0.135. The van der Waals surface area contributed by atoms with Crippen LogP contribution in [0.3, 0.4) is 0 Å². The normalized spacial score (nSPS) is 11.4. The Bertz CT molecular complexity index is 2060. The summed E-state index contributed by atoms with van der Waals surface area (Å²) in [7, 11) is 0. The van der Waals surface area contributed by atoms with E-state index < -0.39 is 11.5 Å². The third kappa shape index (κ3) is 6.05. The van der Waals surface area contributed by atoms with Gasteiger partial charge in [0.25, 0.3) is 0 Å². The molecule has 8 heteroatoms. The minimum absolute atomic E-state index is 0.0759. The number of rotatable bonds is 12. The number of imidazole rings is 1. The van der Waals surface area contributed by atoms with Gasteiger partial charge in [-0.1, -0.05) is 153 Å². The molecule has 7 aromatic rings. The highest BCUT2D eigenvalue weighted by Gasteiger charge is 2.42. The van der Waals surface area contributed by atoms with Gasteiger partial charge in [0, 0.05) is 24.7 Å². The Morgan fingerprint density at radius 2 is 1.27 bits per heavy atom. The number of benzene rings is 5. The van der Waals surface area contributed by atoms with E-state index in [0.717, 1.165) is 64.0 Å². The van der Waals surface area contributed by atoms with Gasteiger partial charge in [-0.05, 0) is 50.2 Å². The van der Waals surface area contributed by atoms with Crippen molar-refractivity contribution in [3.63, 3.8) is 0 Å². The first-order valence-corrected chi connectivity index (χ1v) is 16.5. The lowest BCUT2D eigenvalue weighted by atomic mass is 9.77. The number of unbranched alkanes of at least 4 members (excludes halogenated alkanes) is 1. The zero-order valence-corrected chi connectivity index (χ0v) is 27.2. The first-order valence-electron chi connectivity index (χ1n) is 16.5. The first kappa shape index (κ1) is 31.4. The molecule has 2 heterocycles. The zero-order chi connectivity index (χ0) is 33.6. The Morgan fingerprint density at radius 3 is 1.82 bits per heavy atom. The number of nitrogens with zero attached hydrogens (tertiary/aromatic N) is 6. The van der Waals surface area contributed by atoms with E-state index in [-0.39, 0.29) is 5.69 Å². The van der Waals surface area contributed by atoms with Gasteiger partial charge >= 0.3 is 5.97 Å². The second-order valence-corrected chi connectivity index (χ2v) is 12.0. The van der Waals surface area contributed by atoms with Crippen molar-refractivity contribution in [3.8, 4) is 22.5 Å². The molecule has 2 aromatic heterocycles. The first-order chi connectivity index (χ1) is 24.1. The van der Waals surface area contributed by atoms with Crippen molar-refractivity contribution < 1.29 is 9.90 Å². The summed E-state index contributed by atoms with van der Waals surface area (Å²) < 4.78 is 3.91. The van der Waals surface area contributed by atoms with E-state index in [4.69, 9.17) is 5.21 Å². The Balaban J connectivity index is 1.32. The predicted octanol–water partition coefficient (Wildman–Crippen LogP) is 8.13. The van der Waals surface area contributed by atoms with Crippen LogP contribution in [0, 0.1) is 0 Å². The number of hydrogen-bond donors (Lipinski definition) is 1. The monoisotopic (exact) mass is 644 g/mol. The van der Waals surface area contributed by atoms with E-state index in [1.165, 1.54) is 0 Å². The van der Waals surface area contributed by atoms with E-state index in [9.17, 15) is 9.90 Å². The third-order valence-corrected chi connectivity index (χ3v) is 8.98. The molecule has 0 saturated heterocycles. The molecule has 0 unspecified atom stereocenters. The largest absolute Gasteiger partial charge is 0.476 e. The molecule has 0 bridgehead atoms. The van der Waals surface area contributed by atoms with Gasteiger partial charge in [-0.25, -0.2) is 14.5 Å². The van der Waals surface area contributed by atoms with E-state index >= 15 is 0 Å². The topological polar surface area (TPSA) is 98.7 Å². The van der Waals surface area contributed by atoms with Crippen molar-refractivity contribution in [1.82, 2.24) is 29.8 Å². The SMILES string of the molecule is CCCCc1nc(C(=O)O)cn1Cc1ccc(-c2ccccc2-c2nnnn2C(c2ccccc2)(c2ccccc2)c2ccccc2)cc1. The molecule has 0 saturated carbocycles. The summed E-state index contributed by atoms with van der Waals surface area (Å²) in [6, 6.07) is 47.7. The van der Waals surface area contributed by atoms with Crippen molar-refractivity contribution in [3.05, 3.63) is 179 Å². The highest BCUT2D eigenvalue weighted by Crippen LogP contribution is 2.43. The van der Waals surface area contributed by atoms with Crippen molar-refractivity contribution >= 4 is 5.97 Å². The van der Waals surface area contributed by atoms with Crippen LogP contribution in [0.1, 0.15) is 58.3 Å². The van der Waals surface area contributed by atoms with Gasteiger partial charge in [0.1, 0.15) is 11.4 Å². The Kier molecular flexibility index (Phi) is 8.93. The Morgan fingerprint density at radius 1 is 0.714 bits per heavy atom. The van der Waals surface area contributed by atoms with E-state index in [2.05, 4.69) is 131 Å². The minimum atomic E-state index is -1.01. The van der Waals surface area contributed by atoms with Crippen LogP contribution in [-0.2, 0) is 18.5 Å². The second kappa shape index (κ2) is 13.9. The summed E-state index contributed by atoms with van der Waals surface area (Å²) in [5.41, 5.74) is 6.27. The summed E-state index contributed by atoms with van der Waals surface area (Å²) in [5, 5.41) is 23.3. The fourth-order valence-corrected chi connectivity index (χ4v) is 6.63. The number of tetrazole rings is 1. The fraction of sp³-hybridized carbons (Fsp3) is 0.146. The van der Waals surface area contributed by atoms with Crippen LogP contribution >= 0.6 is 0 Å². The molecule has 0 aliphatic rings. The number of aromatic nitrogens is 6. The summed E-state index contributed by atoms with van der Waals surface area (Å²) in [4.78, 5) is 16.0. The molecule has 0 atom stereocenters. The lowest BCUT2D eigenvalue weighted by Gasteiger charge is -2.36. The molecule has 49 heavy (non-hydrogen) atoms.